The van der Waals surface area contributed by atoms with Crippen molar-refractivity contribution in [2.24, 2.45) is 11.8 Å². The number of allylic oxidation sites excluding steroid dienone is 1. The molecule has 2 unspecified atom stereocenters. The first-order chi connectivity index (χ1) is 9.81. The van der Waals surface area contributed by atoms with Crippen LogP contribution in [0.25, 0.3) is 0 Å². The molecule has 2 atom stereocenters. The average molecular weight is 270 g/mol. The molecular weight excluding hydrogens is 244 g/mol. The van der Waals surface area contributed by atoms with Crippen LogP contribution in [0.15, 0.2) is 30.9 Å². The highest BCUT2D eigenvalue weighted by Crippen LogP contribution is 2.34. The Balaban J connectivity index is 1.68. The minimum Gasteiger partial charge on any atom is -0.388 e. The Morgan fingerprint density at radius 3 is 3.10 bits per heavy atom. The Kier molecular flexibility index (Phi) is 4.11. The molecule has 1 fully saturated rings. The summed E-state index contributed by atoms with van der Waals surface area (Å²) in [6, 6.07) is 6.66. The molecule has 0 bridgehead atoms. The van der Waals surface area contributed by atoms with Crippen LogP contribution in [0.3, 0.4) is 0 Å². The molecule has 20 heavy (non-hydrogen) atoms. The summed E-state index contributed by atoms with van der Waals surface area (Å²) in [4.78, 5) is 2.65. The minimum absolute atomic E-state index is 0.750. The van der Waals surface area contributed by atoms with Gasteiger partial charge in [0.2, 0.25) is 0 Å². The lowest BCUT2D eigenvalue weighted by Crippen LogP contribution is -2.35. The molecule has 3 rings (SSSR count). The van der Waals surface area contributed by atoms with Crippen LogP contribution in [-0.4, -0.2) is 25.0 Å². The molecule has 2 heteroatoms. The molecule has 1 saturated carbocycles. The van der Waals surface area contributed by atoms with Gasteiger partial charge in [-0.25, -0.2) is 0 Å². The summed E-state index contributed by atoms with van der Waals surface area (Å²) in [7, 11) is 2.02. The van der Waals surface area contributed by atoms with Gasteiger partial charge in [0.25, 0.3) is 0 Å². The first kappa shape index (κ1) is 13.7. The molecular formula is C18H26N2. The van der Waals surface area contributed by atoms with E-state index in [0.717, 1.165) is 18.4 Å². The van der Waals surface area contributed by atoms with Gasteiger partial charge in [0.05, 0.1) is 0 Å². The molecule has 1 heterocycles. The van der Waals surface area contributed by atoms with E-state index in [2.05, 4.69) is 41.1 Å². The molecule has 1 aromatic rings. The summed E-state index contributed by atoms with van der Waals surface area (Å²) in [5.41, 5.74) is 4.35. The molecule has 1 aliphatic carbocycles. The summed E-state index contributed by atoms with van der Waals surface area (Å²) >= 11 is 0. The lowest BCUT2D eigenvalue weighted by Gasteiger charge is -2.33. The molecule has 0 saturated heterocycles. The number of nitrogens with one attached hydrogen (secondary N) is 1. The maximum Gasteiger partial charge on any atom is 0.0373 e. The minimum atomic E-state index is 0.750. The van der Waals surface area contributed by atoms with Crippen LogP contribution in [0.4, 0.5) is 5.69 Å². The SMILES string of the molecule is C=CC1CCCC1CN1CCc2c(cccc2NC)C1. The number of benzene rings is 1. The van der Waals surface area contributed by atoms with E-state index in [1.54, 1.807) is 0 Å². The van der Waals surface area contributed by atoms with Gasteiger partial charge in [-0.1, -0.05) is 24.6 Å². The van der Waals surface area contributed by atoms with Crippen molar-refractivity contribution in [2.75, 3.05) is 25.5 Å². The summed E-state index contributed by atoms with van der Waals surface area (Å²) in [6.45, 7) is 7.58. The van der Waals surface area contributed by atoms with Crippen LogP contribution < -0.4 is 5.32 Å². The Labute approximate surface area is 122 Å². The van der Waals surface area contributed by atoms with Crippen molar-refractivity contribution in [3.8, 4) is 0 Å². The molecule has 2 aliphatic rings. The van der Waals surface area contributed by atoms with Crippen LogP contribution in [0.2, 0.25) is 0 Å². The van der Waals surface area contributed by atoms with Gasteiger partial charge in [-0.15, -0.1) is 6.58 Å². The number of anilines is 1. The van der Waals surface area contributed by atoms with Crippen molar-refractivity contribution in [1.82, 2.24) is 4.90 Å². The van der Waals surface area contributed by atoms with E-state index >= 15 is 0 Å². The zero-order valence-electron chi connectivity index (χ0n) is 12.6. The van der Waals surface area contributed by atoms with Gasteiger partial charge in [-0.05, 0) is 48.3 Å². The van der Waals surface area contributed by atoms with E-state index in [9.17, 15) is 0 Å². The lowest BCUT2D eigenvalue weighted by molar-refractivity contribution is 0.202. The maximum absolute atomic E-state index is 4.02. The highest BCUT2D eigenvalue weighted by atomic mass is 15.1. The number of fused-ring (bicyclic) bond motifs is 1. The Hall–Kier alpha value is -1.28. The molecule has 1 aromatic carbocycles. The summed E-state index contributed by atoms with van der Waals surface area (Å²) < 4.78 is 0. The van der Waals surface area contributed by atoms with Gasteiger partial charge < -0.3 is 5.32 Å². The van der Waals surface area contributed by atoms with E-state index in [0.29, 0.717) is 0 Å². The topological polar surface area (TPSA) is 15.3 Å². The smallest absolute Gasteiger partial charge is 0.0373 e. The highest BCUT2D eigenvalue weighted by molar-refractivity contribution is 5.55. The zero-order chi connectivity index (χ0) is 13.9. The van der Waals surface area contributed by atoms with Gasteiger partial charge in [0.15, 0.2) is 0 Å². The third kappa shape index (κ3) is 2.62. The Morgan fingerprint density at radius 1 is 1.40 bits per heavy atom. The molecule has 0 amide bonds. The fourth-order valence-electron chi connectivity index (χ4n) is 3.99. The maximum atomic E-state index is 4.02. The Morgan fingerprint density at radius 2 is 2.30 bits per heavy atom. The largest absolute Gasteiger partial charge is 0.388 e. The standard InChI is InChI=1S/C18H26N2/c1-3-14-6-4-7-15(14)12-20-11-10-17-16(13-20)8-5-9-18(17)19-2/h3,5,8-9,14-15,19H,1,4,6-7,10-13H2,2H3. The molecule has 0 spiro atoms. The molecule has 108 valence electrons. The van der Waals surface area contributed by atoms with E-state index < -0.39 is 0 Å². The van der Waals surface area contributed by atoms with Crippen LogP contribution in [-0.2, 0) is 13.0 Å². The second kappa shape index (κ2) is 6.01. The number of nitrogens with zero attached hydrogens (tertiary/aromatic N) is 1. The number of hydrogen-bond donors (Lipinski definition) is 1. The van der Waals surface area contributed by atoms with Gasteiger partial charge in [-0.2, -0.15) is 0 Å². The second-order valence-electron chi connectivity index (χ2n) is 6.27. The molecule has 1 N–H and O–H groups in total. The van der Waals surface area contributed by atoms with Gasteiger partial charge in [0.1, 0.15) is 0 Å². The van der Waals surface area contributed by atoms with E-state index in [1.165, 1.54) is 55.6 Å². The lowest BCUT2D eigenvalue weighted by atomic mass is 9.93. The highest BCUT2D eigenvalue weighted by Gasteiger charge is 2.28. The quantitative estimate of drug-likeness (QED) is 0.839. The number of rotatable bonds is 4. The van der Waals surface area contributed by atoms with Gasteiger partial charge in [-0.3, -0.25) is 4.90 Å². The van der Waals surface area contributed by atoms with Crippen molar-refractivity contribution in [3.63, 3.8) is 0 Å². The van der Waals surface area contributed by atoms with Crippen LogP contribution in [0.1, 0.15) is 30.4 Å². The monoisotopic (exact) mass is 270 g/mol. The predicted molar refractivity (Wildman–Crippen MR) is 86.0 cm³/mol. The van der Waals surface area contributed by atoms with Crippen molar-refractivity contribution >= 4 is 5.69 Å². The van der Waals surface area contributed by atoms with Crippen LogP contribution >= 0.6 is 0 Å². The van der Waals surface area contributed by atoms with Crippen LogP contribution in [0.5, 0.6) is 0 Å². The summed E-state index contributed by atoms with van der Waals surface area (Å²) in [6.07, 6.45) is 7.49. The van der Waals surface area contributed by atoms with E-state index in [1.807, 2.05) is 7.05 Å². The Bertz CT molecular complexity index is 480. The van der Waals surface area contributed by atoms with E-state index in [-0.39, 0.29) is 0 Å². The second-order valence-corrected chi connectivity index (χ2v) is 6.27. The first-order valence-corrected chi connectivity index (χ1v) is 7.95. The van der Waals surface area contributed by atoms with Gasteiger partial charge >= 0.3 is 0 Å². The van der Waals surface area contributed by atoms with Crippen molar-refractivity contribution in [2.45, 2.75) is 32.2 Å². The van der Waals surface area contributed by atoms with Crippen molar-refractivity contribution in [3.05, 3.63) is 42.0 Å². The fraction of sp³-hybridized carbons (Fsp3) is 0.556. The number of hydrogen-bond acceptors (Lipinski definition) is 2. The average Bonchev–Trinajstić information content (AvgIpc) is 2.93. The molecule has 0 aromatic heterocycles. The van der Waals surface area contributed by atoms with E-state index in [4.69, 9.17) is 0 Å². The van der Waals surface area contributed by atoms with Crippen LogP contribution in [0, 0.1) is 11.8 Å². The van der Waals surface area contributed by atoms with Crippen molar-refractivity contribution < 1.29 is 0 Å². The third-order valence-corrected chi connectivity index (χ3v) is 5.13. The fourth-order valence-corrected chi connectivity index (χ4v) is 3.99. The normalized spacial score (nSPS) is 26.2. The molecule has 2 nitrogen and oxygen atoms in total. The summed E-state index contributed by atoms with van der Waals surface area (Å²) in [5.74, 6) is 1.58. The molecule has 0 radical (unpaired) electrons. The predicted octanol–water partition coefficient (Wildman–Crippen LogP) is 3.69. The van der Waals surface area contributed by atoms with Crippen molar-refractivity contribution in [1.29, 1.82) is 0 Å². The first-order valence-electron chi connectivity index (χ1n) is 7.95. The third-order valence-electron chi connectivity index (χ3n) is 5.13. The zero-order valence-corrected chi connectivity index (χ0v) is 12.6. The molecule has 1 aliphatic heterocycles. The van der Waals surface area contributed by atoms with Gasteiger partial charge in [0, 0.05) is 32.4 Å². The summed E-state index contributed by atoms with van der Waals surface area (Å²) in [5, 5.41) is 3.33.